The van der Waals surface area contributed by atoms with E-state index in [4.69, 9.17) is 9.26 Å². The van der Waals surface area contributed by atoms with E-state index in [1.807, 2.05) is 18.5 Å². The number of rotatable bonds is 7. The van der Waals surface area contributed by atoms with E-state index in [1.165, 1.54) is 24.3 Å². The molecule has 9 heteroatoms. The number of amides is 1. The Balaban J connectivity index is 1.60. The van der Waals surface area contributed by atoms with Gasteiger partial charge >= 0.3 is 0 Å². The molecule has 0 aliphatic heterocycles. The average molecular weight is 451 g/mol. The van der Waals surface area contributed by atoms with Crippen LogP contribution in [0.15, 0.2) is 33.3 Å². The fourth-order valence-corrected chi connectivity index (χ4v) is 2.96. The second-order valence-corrected chi connectivity index (χ2v) is 7.07. The number of halogens is 2. The number of hydrogen-bond donors (Lipinski definition) is 1. The van der Waals surface area contributed by atoms with Gasteiger partial charge in [-0.15, -0.1) is 0 Å². The van der Waals surface area contributed by atoms with Crippen LogP contribution in [0.3, 0.4) is 0 Å². The number of carbonyl (C=O) groups excluding carboxylic acids is 1. The van der Waals surface area contributed by atoms with Crippen molar-refractivity contribution in [1.82, 2.24) is 20.3 Å². The zero-order valence-corrected chi connectivity index (χ0v) is 17.3. The third-order valence-electron chi connectivity index (χ3n) is 4.30. The Morgan fingerprint density at radius 1 is 1.29 bits per heavy atom. The van der Waals surface area contributed by atoms with E-state index < -0.39 is 0 Å². The number of ether oxygens (including phenoxy) is 1. The van der Waals surface area contributed by atoms with Gasteiger partial charge in [0.25, 0.3) is 5.91 Å². The Morgan fingerprint density at radius 2 is 2.00 bits per heavy atom. The SMILES string of the molecule is Cc1nn(CCNC(=O)c2noc(C)c2COc2ccc(F)cc2)c(C)c1Br. The molecule has 0 aliphatic rings. The maximum absolute atomic E-state index is 13.0. The number of aromatic nitrogens is 3. The Labute approximate surface area is 170 Å². The summed E-state index contributed by atoms with van der Waals surface area (Å²) in [7, 11) is 0. The Hall–Kier alpha value is -2.68. The first-order chi connectivity index (χ1) is 13.4. The van der Waals surface area contributed by atoms with Crippen molar-refractivity contribution < 1.29 is 18.4 Å². The van der Waals surface area contributed by atoms with Crippen LogP contribution < -0.4 is 10.1 Å². The van der Waals surface area contributed by atoms with E-state index in [2.05, 4.69) is 31.5 Å². The molecule has 1 aromatic carbocycles. The topological polar surface area (TPSA) is 82.2 Å². The van der Waals surface area contributed by atoms with Gasteiger partial charge in [-0.3, -0.25) is 9.48 Å². The second kappa shape index (κ2) is 8.55. The quantitative estimate of drug-likeness (QED) is 0.593. The molecule has 3 aromatic rings. The highest BCUT2D eigenvalue weighted by Gasteiger charge is 2.20. The smallest absolute Gasteiger partial charge is 0.273 e. The van der Waals surface area contributed by atoms with Gasteiger partial charge in [-0.05, 0) is 61.0 Å². The highest BCUT2D eigenvalue weighted by atomic mass is 79.9. The lowest BCUT2D eigenvalue weighted by Crippen LogP contribution is -2.29. The number of nitrogens with zero attached hydrogens (tertiary/aromatic N) is 3. The molecule has 0 fully saturated rings. The van der Waals surface area contributed by atoms with Crippen LogP contribution in [0.4, 0.5) is 4.39 Å². The van der Waals surface area contributed by atoms with Crippen molar-refractivity contribution in [3.05, 3.63) is 63.0 Å². The molecule has 0 bridgehead atoms. The van der Waals surface area contributed by atoms with E-state index in [0.29, 0.717) is 30.2 Å². The van der Waals surface area contributed by atoms with Crippen molar-refractivity contribution in [1.29, 1.82) is 0 Å². The number of aryl methyl sites for hydroxylation is 2. The Kier molecular flexibility index (Phi) is 6.13. The summed E-state index contributed by atoms with van der Waals surface area (Å²) < 4.78 is 26.5. The van der Waals surface area contributed by atoms with E-state index in [0.717, 1.165) is 15.9 Å². The first-order valence-corrected chi connectivity index (χ1v) is 9.47. The molecular weight excluding hydrogens is 431 g/mol. The van der Waals surface area contributed by atoms with Gasteiger partial charge in [0.1, 0.15) is 23.9 Å². The van der Waals surface area contributed by atoms with E-state index in [-0.39, 0.29) is 24.0 Å². The summed E-state index contributed by atoms with van der Waals surface area (Å²) in [5.74, 6) is 0.288. The summed E-state index contributed by atoms with van der Waals surface area (Å²) in [4.78, 5) is 12.5. The van der Waals surface area contributed by atoms with Crippen LogP contribution in [-0.2, 0) is 13.2 Å². The van der Waals surface area contributed by atoms with Crippen LogP contribution in [0, 0.1) is 26.6 Å². The van der Waals surface area contributed by atoms with Gasteiger partial charge in [-0.25, -0.2) is 4.39 Å². The highest BCUT2D eigenvalue weighted by Crippen LogP contribution is 2.20. The van der Waals surface area contributed by atoms with Gasteiger partial charge in [0.2, 0.25) is 0 Å². The summed E-state index contributed by atoms with van der Waals surface area (Å²) >= 11 is 3.48. The van der Waals surface area contributed by atoms with Crippen molar-refractivity contribution in [2.45, 2.75) is 33.9 Å². The molecule has 0 spiro atoms. The van der Waals surface area contributed by atoms with Gasteiger partial charge < -0.3 is 14.6 Å². The maximum Gasteiger partial charge on any atom is 0.273 e. The molecule has 148 valence electrons. The number of benzene rings is 1. The van der Waals surface area contributed by atoms with Crippen molar-refractivity contribution in [3.8, 4) is 5.75 Å². The Morgan fingerprint density at radius 3 is 2.64 bits per heavy atom. The first kappa shape index (κ1) is 20.1. The van der Waals surface area contributed by atoms with E-state index >= 15 is 0 Å². The minimum atomic E-state index is -0.352. The van der Waals surface area contributed by atoms with Crippen LogP contribution in [0.2, 0.25) is 0 Å². The van der Waals surface area contributed by atoms with Crippen molar-refractivity contribution >= 4 is 21.8 Å². The molecule has 0 unspecified atom stereocenters. The lowest BCUT2D eigenvalue weighted by atomic mass is 10.2. The molecule has 0 atom stereocenters. The standard InChI is InChI=1S/C19H20BrFN4O3/c1-11-17(20)12(2)25(23-11)9-8-22-19(26)18-16(13(3)28-24-18)10-27-15-6-4-14(21)5-7-15/h4-7H,8-10H2,1-3H3,(H,22,26). The van der Waals surface area contributed by atoms with Crippen LogP contribution in [0.5, 0.6) is 5.75 Å². The highest BCUT2D eigenvalue weighted by molar-refractivity contribution is 9.10. The molecule has 2 heterocycles. The normalized spacial score (nSPS) is 10.9. The molecule has 0 aliphatic carbocycles. The summed E-state index contributed by atoms with van der Waals surface area (Å²) in [6.45, 7) is 6.59. The third-order valence-corrected chi connectivity index (χ3v) is 5.45. The van der Waals surface area contributed by atoms with Crippen LogP contribution in [0.25, 0.3) is 0 Å². The van der Waals surface area contributed by atoms with Gasteiger partial charge in [0, 0.05) is 12.2 Å². The predicted octanol–water partition coefficient (Wildman–Crippen LogP) is 3.71. The van der Waals surface area contributed by atoms with Crippen LogP contribution in [-0.4, -0.2) is 27.4 Å². The summed E-state index contributed by atoms with van der Waals surface area (Å²) in [6, 6.07) is 5.65. The average Bonchev–Trinajstić information content (AvgIpc) is 3.16. The molecular formula is C19H20BrFN4O3. The van der Waals surface area contributed by atoms with Crippen molar-refractivity contribution in [3.63, 3.8) is 0 Å². The second-order valence-electron chi connectivity index (χ2n) is 6.27. The van der Waals surface area contributed by atoms with E-state index in [9.17, 15) is 9.18 Å². The van der Waals surface area contributed by atoms with Crippen LogP contribution >= 0.6 is 15.9 Å². The third kappa shape index (κ3) is 4.41. The first-order valence-electron chi connectivity index (χ1n) is 8.68. The largest absolute Gasteiger partial charge is 0.489 e. The lowest BCUT2D eigenvalue weighted by molar-refractivity contribution is 0.0940. The minimum Gasteiger partial charge on any atom is -0.489 e. The summed E-state index contributed by atoms with van der Waals surface area (Å²) in [5.41, 5.74) is 2.62. The molecule has 0 saturated carbocycles. The van der Waals surface area contributed by atoms with Crippen molar-refractivity contribution in [2.75, 3.05) is 6.54 Å². The fourth-order valence-electron chi connectivity index (χ4n) is 2.68. The number of nitrogens with one attached hydrogen (secondary N) is 1. The maximum atomic E-state index is 13.0. The van der Waals surface area contributed by atoms with Gasteiger partial charge in [-0.1, -0.05) is 5.16 Å². The van der Waals surface area contributed by atoms with Crippen LogP contribution in [0.1, 0.15) is 33.2 Å². The molecule has 7 nitrogen and oxygen atoms in total. The van der Waals surface area contributed by atoms with Gasteiger partial charge in [0.05, 0.1) is 22.3 Å². The summed E-state index contributed by atoms with van der Waals surface area (Å²) in [6.07, 6.45) is 0. The summed E-state index contributed by atoms with van der Waals surface area (Å²) in [5, 5.41) is 11.1. The van der Waals surface area contributed by atoms with E-state index in [1.54, 1.807) is 6.92 Å². The zero-order valence-electron chi connectivity index (χ0n) is 15.8. The monoisotopic (exact) mass is 450 g/mol. The number of hydrogen-bond acceptors (Lipinski definition) is 5. The Bertz CT molecular complexity index is 982. The zero-order chi connectivity index (χ0) is 20.3. The number of carbonyl (C=O) groups is 1. The van der Waals surface area contributed by atoms with Crippen molar-refractivity contribution in [2.24, 2.45) is 0 Å². The predicted molar refractivity (Wildman–Crippen MR) is 104 cm³/mol. The molecule has 0 saturated heterocycles. The molecule has 3 rings (SSSR count). The fraction of sp³-hybridized carbons (Fsp3) is 0.316. The van der Waals surface area contributed by atoms with Gasteiger partial charge in [0.15, 0.2) is 5.69 Å². The lowest BCUT2D eigenvalue weighted by Gasteiger charge is -2.08. The molecule has 1 amide bonds. The molecule has 0 radical (unpaired) electrons. The molecule has 28 heavy (non-hydrogen) atoms. The van der Waals surface area contributed by atoms with Gasteiger partial charge in [-0.2, -0.15) is 5.10 Å². The minimum absolute atomic E-state index is 0.0914. The molecule has 2 aromatic heterocycles. The molecule has 1 N–H and O–H groups in total.